The lowest BCUT2D eigenvalue weighted by Gasteiger charge is -2.24. The van der Waals surface area contributed by atoms with E-state index in [9.17, 15) is 14.4 Å². The van der Waals surface area contributed by atoms with Crippen LogP contribution in [-0.2, 0) is 11.3 Å². The van der Waals surface area contributed by atoms with Crippen molar-refractivity contribution in [1.82, 2.24) is 20.2 Å². The molecule has 0 saturated carbocycles. The van der Waals surface area contributed by atoms with Gasteiger partial charge in [-0.1, -0.05) is 72.8 Å². The molecule has 0 saturated heterocycles. The van der Waals surface area contributed by atoms with Crippen molar-refractivity contribution in [3.63, 3.8) is 0 Å². The zero-order valence-electron chi connectivity index (χ0n) is 20.1. The maximum atomic E-state index is 13.2. The Bertz CT molecular complexity index is 1370. The van der Waals surface area contributed by atoms with E-state index < -0.39 is 12.1 Å². The maximum absolute atomic E-state index is 13.2. The summed E-state index contributed by atoms with van der Waals surface area (Å²) < 4.78 is 5.33. The topological polar surface area (TPSA) is 104 Å². The van der Waals surface area contributed by atoms with E-state index in [1.54, 1.807) is 30.5 Å². The van der Waals surface area contributed by atoms with Crippen LogP contribution in [0, 0.1) is 0 Å². The Morgan fingerprint density at radius 2 is 1.51 bits per heavy atom. The number of imide groups is 1. The normalized spacial score (nSPS) is 13.4. The number of carbonyl (C=O) groups is 3. The van der Waals surface area contributed by atoms with Gasteiger partial charge in [-0.25, -0.2) is 9.78 Å². The van der Waals surface area contributed by atoms with Gasteiger partial charge in [0.05, 0.1) is 35.7 Å². The number of rotatable bonds is 9. The molecule has 2 N–H and O–H groups in total. The molecular formula is C29H26N4O4. The predicted molar refractivity (Wildman–Crippen MR) is 138 cm³/mol. The lowest BCUT2D eigenvalue weighted by molar-refractivity contribution is 0.0556. The SMILES string of the molecule is O=C(NCc1ccccc1)OCCC[C@@H](c1ncc(-c2ccccc2)[nH]1)N1C(=O)c2ccccc2C1=O. The molecule has 0 bridgehead atoms. The Kier molecular flexibility index (Phi) is 7.07. The summed E-state index contributed by atoms with van der Waals surface area (Å²) in [6.45, 7) is 0.499. The van der Waals surface area contributed by atoms with Crippen LogP contribution in [0.4, 0.5) is 4.79 Å². The van der Waals surface area contributed by atoms with Crippen molar-refractivity contribution < 1.29 is 19.1 Å². The minimum Gasteiger partial charge on any atom is -0.450 e. The average molecular weight is 495 g/mol. The Hall–Kier alpha value is -4.72. The molecule has 1 aliphatic heterocycles. The van der Waals surface area contributed by atoms with Gasteiger partial charge in [0.2, 0.25) is 0 Å². The molecule has 0 fully saturated rings. The standard InChI is InChI=1S/C29H26N4O4/c34-27-22-14-7-8-15-23(22)28(35)33(27)25(26-30-19-24(32-26)21-12-5-2-6-13-21)16-9-17-37-29(36)31-18-20-10-3-1-4-11-20/h1-8,10-15,19,25H,9,16-18H2,(H,30,32)(H,31,36)/t25-/m0/s1. The zero-order valence-corrected chi connectivity index (χ0v) is 20.1. The van der Waals surface area contributed by atoms with Crippen LogP contribution in [0.25, 0.3) is 11.3 Å². The Labute approximate surface area is 214 Å². The molecule has 2 heterocycles. The molecule has 1 aromatic heterocycles. The van der Waals surface area contributed by atoms with Crippen molar-refractivity contribution in [2.24, 2.45) is 0 Å². The maximum Gasteiger partial charge on any atom is 0.407 e. The predicted octanol–water partition coefficient (Wildman–Crippen LogP) is 5.12. The molecule has 0 unspecified atom stereocenters. The minimum atomic E-state index is -0.638. The van der Waals surface area contributed by atoms with Crippen LogP contribution >= 0.6 is 0 Å². The number of nitrogens with one attached hydrogen (secondary N) is 2. The van der Waals surface area contributed by atoms with Gasteiger partial charge >= 0.3 is 6.09 Å². The second kappa shape index (κ2) is 10.9. The molecule has 186 valence electrons. The summed E-state index contributed by atoms with van der Waals surface area (Å²) in [6.07, 6.45) is 1.98. The number of H-pyrrole nitrogens is 1. The molecule has 1 atom stereocenters. The van der Waals surface area contributed by atoms with E-state index in [1.165, 1.54) is 4.90 Å². The summed E-state index contributed by atoms with van der Waals surface area (Å²) in [5, 5.41) is 2.72. The van der Waals surface area contributed by atoms with Gasteiger partial charge in [-0.3, -0.25) is 14.5 Å². The summed E-state index contributed by atoms with van der Waals surface area (Å²) in [6, 6.07) is 25.4. The minimum absolute atomic E-state index is 0.131. The van der Waals surface area contributed by atoms with Crippen LogP contribution in [0.15, 0.2) is 91.1 Å². The average Bonchev–Trinajstić information content (AvgIpc) is 3.53. The van der Waals surface area contributed by atoms with Crippen molar-refractivity contribution >= 4 is 17.9 Å². The molecule has 3 amide bonds. The van der Waals surface area contributed by atoms with Crippen LogP contribution in [0.2, 0.25) is 0 Å². The molecule has 4 aromatic rings. The lowest BCUT2D eigenvalue weighted by Crippen LogP contribution is -2.35. The third-order valence-electron chi connectivity index (χ3n) is 6.27. The zero-order chi connectivity index (χ0) is 25.6. The Balaban J connectivity index is 1.28. The van der Waals surface area contributed by atoms with E-state index in [1.807, 2.05) is 60.7 Å². The second-order valence-corrected chi connectivity index (χ2v) is 8.71. The van der Waals surface area contributed by atoms with Crippen molar-refractivity contribution in [2.45, 2.75) is 25.4 Å². The van der Waals surface area contributed by atoms with E-state index in [2.05, 4.69) is 15.3 Å². The van der Waals surface area contributed by atoms with Gasteiger partial charge < -0.3 is 15.0 Å². The largest absolute Gasteiger partial charge is 0.450 e. The van der Waals surface area contributed by atoms with Crippen molar-refractivity contribution in [2.75, 3.05) is 6.61 Å². The van der Waals surface area contributed by atoms with Crippen molar-refractivity contribution in [3.05, 3.63) is 114 Å². The number of imidazole rings is 1. The first kappa shape index (κ1) is 24.0. The molecule has 0 radical (unpaired) electrons. The van der Waals surface area contributed by atoms with E-state index in [0.29, 0.717) is 36.3 Å². The number of alkyl carbamates (subject to hydrolysis) is 1. The highest BCUT2D eigenvalue weighted by Crippen LogP contribution is 2.34. The summed E-state index contributed by atoms with van der Waals surface area (Å²) in [5.74, 6) is -0.212. The number of carbonyl (C=O) groups excluding carboxylic acids is 3. The van der Waals surface area contributed by atoms with Gasteiger partial charge in [0.25, 0.3) is 11.8 Å². The summed E-state index contributed by atoms with van der Waals surface area (Å²) in [4.78, 5) is 47.7. The van der Waals surface area contributed by atoms with E-state index in [0.717, 1.165) is 16.8 Å². The van der Waals surface area contributed by atoms with Crippen LogP contribution in [0.5, 0.6) is 0 Å². The summed E-state index contributed by atoms with van der Waals surface area (Å²) in [7, 11) is 0. The van der Waals surface area contributed by atoms with Gasteiger partial charge in [-0.15, -0.1) is 0 Å². The number of hydrogen-bond donors (Lipinski definition) is 2. The van der Waals surface area contributed by atoms with Gasteiger partial charge in [0.1, 0.15) is 5.82 Å². The van der Waals surface area contributed by atoms with E-state index >= 15 is 0 Å². The highest BCUT2D eigenvalue weighted by molar-refractivity contribution is 6.21. The first-order valence-electron chi connectivity index (χ1n) is 12.1. The summed E-state index contributed by atoms with van der Waals surface area (Å²) >= 11 is 0. The molecule has 0 spiro atoms. The quantitative estimate of drug-likeness (QED) is 0.248. The first-order valence-corrected chi connectivity index (χ1v) is 12.1. The molecular weight excluding hydrogens is 468 g/mol. The van der Waals surface area contributed by atoms with Crippen LogP contribution in [0.1, 0.15) is 51.0 Å². The molecule has 8 heteroatoms. The van der Waals surface area contributed by atoms with Gasteiger partial charge in [-0.05, 0) is 36.1 Å². The second-order valence-electron chi connectivity index (χ2n) is 8.71. The van der Waals surface area contributed by atoms with Crippen LogP contribution in [0.3, 0.4) is 0 Å². The van der Waals surface area contributed by atoms with E-state index in [-0.39, 0.29) is 18.4 Å². The molecule has 37 heavy (non-hydrogen) atoms. The van der Waals surface area contributed by atoms with Gasteiger partial charge in [0, 0.05) is 6.54 Å². The number of hydrogen-bond acceptors (Lipinski definition) is 5. The molecule has 5 rings (SSSR count). The Morgan fingerprint density at radius 1 is 0.892 bits per heavy atom. The van der Waals surface area contributed by atoms with E-state index in [4.69, 9.17) is 4.74 Å². The molecule has 1 aliphatic rings. The molecule has 0 aliphatic carbocycles. The first-order chi connectivity index (χ1) is 18.1. The van der Waals surface area contributed by atoms with Crippen molar-refractivity contribution in [1.29, 1.82) is 0 Å². The number of aromatic amines is 1. The third-order valence-corrected chi connectivity index (χ3v) is 6.27. The van der Waals surface area contributed by atoms with Gasteiger partial charge in [0.15, 0.2) is 0 Å². The molecule has 8 nitrogen and oxygen atoms in total. The number of aromatic nitrogens is 2. The van der Waals surface area contributed by atoms with Crippen LogP contribution in [-0.4, -0.2) is 39.4 Å². The fourth-order valence-corrected chi connectivity index (χ4v) is 4.41. The number of amides is 3. The third kappa shape index (κ3) is 5.28. The number of nitrogens with zero attached hydrogens (tertiary/aromatic N) is 2. The fraction of sp³-hybridized carbons (Fsp3) is 0.172. The Morgan fingerprint density at radius 3 is 2.19 bits per heavy atom. The highest BCUT2D eigenvalue weighted by atomic mass is 16.5. The smallest absolute Gasteiger partial charge is 0.407 e. The monoisotopic (exact) mass is 494 g/mol. The number of ether oxygens (including phenoxy) is 1. The highest BCUT2D eigenvalue weighted by Gasteiger charge is 2.41. The summed E-state index contributed by atoms with van der Waals surface area (Å²) in [5.41, 5.74) is 3.46. The fourth-order valence-electron chi connectivity index (χ4n) is 4.41. The number of benzene rings is 3. The lowest BCUT2D eigenvalue weighted by atomic mass is 10.1. The van der Waals surface area contributed by atoms with Crippen LogP contribution < -0.4 is 5.32 Å². The molecule has 3 aromatic carbocycles. The van der Waals surface area contributed by atoms with Crippen molar-refractivity contribution in [3.8, 4) is 11.3 Å². The van der Waals surface area contributed by atoms with Gasteiger partial charge in [-0.2, -0.15) is 0 Å². The number of fused-ring (bicyclic) bond motifs is 1.